The van der Waals surface area contributed by atoms with Gasteiger partial charge in [-0.05, 0) is 38.1 Å². The van der Waals surface area contributed by atoms with E-state index in [2.05, 4.69) is 34.1 Å². The molecule has 1 atom stereocenters. The summed E-state index contributed by atoms with van der Waals surface area (Å²) in [7, 11) is 2.08. The lowest BCUT2D eigenvalue weighted by Gasteiger charge is -2.52. The van der Waals surface area contributed by atoms with Gasteiger partial charge >= 0.3 is 0 Å². The van der Waals surface area contributed by atoms with Crippen molar-refractivity contribution < 1.29 is 9.25 Å². The van der Waals surface area contributed by atoms with E-state index in [0.717, 1.165) is 29.1 Å². The van der Waals surface area contributed by atoms with Crippen LogP contribution in [0.3, 0.4) is 0 Å². The maximum atomic E-state index is 6.00. The Morgan fingerprint density at radius 1 is 1.23 bits per heavy atom. The standard InChI is InChI=1S/C17H19N3O2/c1-19-16(15-10-12-4-2-3-5-14(12)21-15)18-22-17(19)11-20-8-6-13(17)7-9-20/h2-5,10,13H,6-9,11H2,1H3/t17-/m1/s1. The van der Waals surface area contributed by atoms with Gasteiger partial charge in [0.15, 0.2) is 5.76 Å². The fraction of sp³-hybridized carbons (Fsp3) is 0.471. The number of piperidine rings is 3. The molecule has 0 saturated carbocycles. The number of hydrogen-bond donors (Lipinski definition) is 0. The molecule has 1 aromatic carbocycles. The van der Waals surface area contributed by atoms with E-state index in [1.165, 1.54) is 25.9 Å². The van der Waals surface area contributed by atoms with Crippen molar-refractivity contribution in [2.75, 3.05) is 26.7 Å². The van der Waals surface area contributed by atoms with Crippen LogP contribution >= 0.6 is 0 Å². The van der Waals surface area contributed by atoms with Crippen LogP contribution in [0.5, 0.6) is 0 Å². The highest BCUT2D eigenvalue weighted by Crippen LogP contribution is 2.43. The second kappa shape index (κ2) is 4.26. The number of amidine groups is 1. The maximum Gasteiger partial charge on any atom is 0.226 e. The van der Waals surface area contributed by atoms with Gasteiger partial charge in [-0.15, -0.1) is 0 Å². The lowest BCUT2D eigenvalue weighted by molar-refractivity contribution is -0.190. The average Bonchev–Trinajstić information content (AvgIpc) is 3.11. The average molecular weight is 297 g/mol. The Hall–Kier alpha value is -2.01. The third-order valence-corrected chi connectivity index (χ3v) is 5.50. The van der Waals surface area contributed by atoms with Gasteiger partial charge in [0, 0.05) is 18.4 Å². The minimum atomic E-state index is -0.301. The number of likely N-dealkylation sites (N-methyl/N-ethyl adjacent to an activating group) is 1. The van der Waals surface area contributed by atoms with Crippen LogP contribution in [0.2, 0.25) is 0 Å². The predicted octanol–water partition coefficient (Wildman–Crippen LogP) is 2.48. The second-order valence-corrected chi connectivity index (χ2v) is 6.61. The van der Waals surface area contributed by atoms with Gasteiger partial charge in [0.1, 0.15) is 5.58 Å². The molecule has 4 aliphatic rings. The van der Waals surface area contributed by atoms with Crippen LogP contribution in [0.4, 0.5) is 0 Å². The number of hydrogen-bond acceptors (Lipinski definition) is 5. The molecular weight excluding hydrogens is 278 g/mol. The molecule has 4 aliphatic heterocycles. The van der Waals surface area contributed by atoms with Crippen molar-refractivity contribution in [3.05, 3.63) is 36.1 Å². The van der Waals surface area contributed by atoms with Crippen LogP contribution in [0, 0.1) is 5.92 Å². The summed E-state index contributed by atoms with van der Waals surface area (Å²) in [5.41, 5.74) is 0.591. The summed E-state index contributed by atoms with van der Waals surface area (Å²) in [6.07, 6.45) is 2.38. The molecule has 0 aliphatic carbocycles. The third-order valence-electron chi connectivity index (χ3n) is 5.50. The van der Waals surface area contributed by atoms with Gasteiger partial charge in [0.2, 0.25) is 11.6 Å². The van der Waals surface area contributed by atoms with E-state index in [-0.39, 0.29) is 5.72 Å². The molecule has 1 spiro atoms. The summed E-state index contributed by atoms with van der Waals surface area (Å²) in [5, 5.41) is 5.50. The molecule has 3 fully saturated rings. The zero-order chi connectivity index (χ0) is 14.7. The molecule has 5 heteroatoms. The smallest absolute Gasteiger partial charge is 0.226 e. The van der Waals surface area contributed by atoms with Crippen LogP contribution < -0.4 is 0 Å². The molecule has 5 nitrogen and oxygen atoms in total. The topological polar surface area (TPSA) is 41.2 Å². The molecule has 2 aromatic rings. The Labute approximate surface area is 129 Å². The van der Waals surface area contributed by atoms with Crippen molar-refractivity contribution in [2.24, 2.45) is 11.1 Å². The highest BCUT2D eigenvalue weighted by Gasteiger charge is 2.56. The molecule has 3 saturated heterocycles. The summed E-state index contributed by atoms with van der Waals surface area (Å²) in [5.74, 6) is 2.15. The largest absolute Gasteiger partial charge is 0.453 e. The van der Waals surface area contributed by atoms with Gasteiger partial charge in [-0.25, -0.2) is 0 Å². The minimum Gasteiger partial charge on any atom is -0.453 e. The van der Waals surface area contributed by atoms with Gasteiger partial charge in [-0.1, -0.05) is 23.4 Å². The van der Waals surface area contributed by atoms with Crippen molar-refractivity contribution >= 4 is 16.8 Å². The van der Waals surface area contributed by atoms with Crippen LogP contribution in [0.1, 0.15) is 18.6 Å². The van der Waals surface area contributed by atoms with Gasteiger partial charge < -0.3 is 14.2 Å². The van der Waals surface area contributed by atoms with E-state index in [1.807, 2.05) is 18.2 Å². The first-order chi connectivity index (χ1) is 10.8. The van der Waals surface area contributed by atoms with Gasteiger partial charge in [0.05, 0.1) is 6.54 Å². The Balaban J connectivity index is 1.52. The van der Waals surface area contributed by atoms with E-state index in [1.54, 1.807) is 0 Å². The molecule has 0 radical (unpaired) electrons. The zero-order valence-corrected chi connectivity index (χ0v) is 12.7. The number of furan rings is 1. The summed E-state index contributed by atoms with van der Waals surface area (Å²) < 4.78 is 5.97. The fourth-order valence-electron chi connectivity index (χ4n) is 4.20. The van der Waals surface area contributed by atoms with Gasteiger partial charge in [-0.2, -0.15) is 0 Å². The number of nitrogens with zero attached hydrogens (tertiary/aromatic N) is 3. The van der Waals surface area contributed by atoms with E-state index in [0.29, 0.717) is 5.92 Å². The first-order valence-corrected chi connectivity index (χ1v) is 7.98. The Kier molecular flexibility index (Phi) is 2.42. The zero-order valence-electron chi connectivity index (χ0n) is 12.7. The quantitative estimate of drug-likeness (QED) is 0.811. The van der Waals surface area contributed by atoms with Crippen LogP contribution in [-0.2, 0) is 4.84 Å². The van der Waals surface area contributed by atoms with Crippen molar-refractivity contribution in [1.82, 2.24) is 9.80 Å². The number of benzene rings is 1. The lowest BCUT2D eigenvalue weighted by atomic mass is 9.80. The maximum absolute atomic E-state index is 6.00. The minimum absolute atomic E-state index is 0.301. The van der Waals surface area contributed by atoms with Gasteiger partial charge in [-0.3, -0.25) is 4.90 Å². The van der Waals surface area contributed by atoms with Crippen molar-refractivity contribution in [3.63, 3.8) is 0 Å². The number of para-hydroxylation sites is 1. The molecular formula is C17H19N3O2. The summed E-state index contributed by atoms with van der Waals surface area (Å²) in [4.78, 5) is 10.7. The molecule has 2 bridgehead atoms. The van der Waals surface area contributed by atoms with Crippen LogP contribution in [-0.4, -0.2) is 48.0 Å². The summed E-state index contributed by atoms with van der Waals surface area (Å²) in [6.45, 7) is 3.30. The molecule has 6 rings (SSSR count). The summed E-state index contributed by atoms with van der Waals surface area (Å²) in [6, 6.07) is 10.1. The summed E-state index contributed by atoms with van der Waals surface area (Å²) >= 11 is 0. The van der Waals surface area contributed by atoms with Crippen molar-refractivity contribution in [3.8, 4) is 0 Å². The highest BCUT2D eigenvalue weighted by atomic mass is 16.7. The Morgan fingerprint density at radius 3 is 2.77 bits per heavy atom. The first-order valence-electron chi connectivity index (χ1n) is 7.98. The molecule has 22 heavy (non-hydrogen) atoms. The second-order valence-electron chi connectivity index (χ2n) is 6.61. The third kappa shape index (κ3) is 1.54. The monoisotopic (exact) mass is 297 g/mol. The number of fused-ring (bicyclic) bond motifs is 3. The SMILES string of the molecule is CN1C(c2cc3ccccc3o2)=NO[C@@]12CN1CCC2CC1. The molecule has 0 amide bonds. The predicted molar refractivity (Wildman–Crippen MR) is 83.5 cm³/mol. The first kappa shape index (κ1) is 12.5. The van der Waals surface area contributed by atoms with Crippen LogP contribution in [0.25, 0.3) is 11.0 Å². The normalized spacial score (nSPS) is 33.5. The van der Waals surface area contributed by atoms with E-state index in [9.17, 15) is 0 Å². The number of oxime groups is 1. The highest BCUT2D eigenvalue weighted by molar-refractivity contribution is 6.00. The number of rotatable bonds is 1. The Bertz CT molecular complexity index is 727. The van der Waals surface area contributed by atoms with E-state index in [4.69, 9.17) is 9.25 Å². The molecule has 5 heterocycles. The molecule has 0 N–H and O–H groups in total. The van der Waals surface area contributed by atoms with E-state index < -0.39 is 0 Å². The molecule has 0 unspecified atom stereocenters. The van der Waals surface area contributed by atoms with Crippen molar-refractivity contribution in [1.29, 1.82) is 0 Å². The molecule has 114 valence electrons. The molecule has 1 aromatic heterocycles. The fourth-order valence-corrected chi connectivity index (χ4v) is 4.20. The lowest BCUT2D eigenvalue weighted by Crippen LogP contribution is -2.65. The van der Waals surface area contributed by atoms with Gasteiger partial charge in [0.25, 0.3) is 0 Å². The van der Waals surface area contributed by atoms with E-state index >= 15 is 0 Å². The van der Waals surface area contributed by atoms with Crippen molar-refractivity contribution in [2.45, 2.75) is 18.6 Å². The van der Waals surface area contributed by atoms with Crippen LogP contribution in [0.15, 0.2) is 39.9 Å². The Morgan fingerprint density at radius 2 is 2.05 bits per heavy atom.